The number of aromatic carboxylic acids is 1. The van der Waals surface area contributed by atoms with E-state index in [1.54, 1.807) is 22.9 Å². The second-order valence-corrected chi connectivity index (χ2v) is 7.86. The molecule has 1 aromatic heterocycles. The predicted molar refractivity (Wildman–Crippen MR) is 130 cm³/mol. The van der Waals surface area contributed by atoms with E-state index >= 15 is 0 Å². The molecule has 0 radical (unpaired) electrons. The third-order valence-corrected chi connectivity index (χ3v) is 5.51. The van der Waals surface area contributed by atoms with Crippen molar-refractivity contribution in [3.63, 3.8) is 0 Å². The van der Waals surface area contributed by atoms with Crippen LogP contribution in [0.25, 0.3) is 23.0 Å². The third-order valence-electron chi connectivity index (χ3n) is 4.77. The average Bonchev–Trinajstić information content (AvgIpc) is 3.25. The van der Waals surface area contributed by atoms with Crippen LogP contribution in [0, 0.1) is 0 Å². The van der Waals surface area contributed by atoms with E-state index in [9.17, 15) is 9.59 Å². The lowest BCUT2D eigenvalue weighted by Crippen LogP contribution is -2.08. The van der Waals surface area contributed by atoms with E-state index in [2.05, 4.69) is 10.4 Å². The first-order valence-electron chi connectivity index (χ1n) is 9.83. The number of nitrogens with zero attached hydrogens (tertiary/aromatic N) is 2. The molecule has 0 spiro atoms. The molecular weight excluding hydrogens is 461 g/mol. The first-order valence-corrected chi connectivity index (χ1v) is 10.6. The maximum Gasteiger partial charge on any atom is 0.335 e. The van der Waals surface area contributed by atoms with E-state index < -0.39 is 5.97 Å². The molecule has 0 fully saturated rings. The van der Waals surface area contributed by atoms with Crippen LogP contribution in [-0.4, -0.2) is 26.8 Å². The summed E-state index contributed by atoms with van der Waals surface area (Å²) >= 11 is 12.3. The Morgan fingerprint density at radius 2 is 1.67 bits per heavy atom. The second kappa shape index (κ2) is 9.73. The molecule has 33 heavy (non-hydrogen) atoms. The Hall–Kier alpha value is -3.87. The normalized spacial score (nSPS) is 11.0. The Kier molecular flexibility index (Phi) is 6.58. The average molecular weight is 478 g/mol. The van der Waals surface area contributed by atoms with Gasteiger partial charge in [-0.05, 0) is 54.6 Å². The van der Waals surface area contributed by atoms with Crippen molar-refractivity contribution in [1.82, 2.24) is 9.78 Å². The molecule has 2 N–H and O–H groups in total. The van der Waals surface area contributed by atoms with Gasteiger partial charge in [0.25, 0.3) is 0 Å². The maximum atomic E-state index is 12.4. The number of halogens is 2. The van der Waals surface area contributed by atoms with Gasteiger partial charge in [0.2, 0.25) is 5.91 Å². The van der Waals surface area contributed by atoms with Crippen LogP contribution in [0.5, 0.6) is 0 Å². The standard InChI is InChI=1S/C25H17Cl2N3O3/c26-21-12-8-17(14-22(21)27)24-18(15-30(29-24)20-4-2-1-3-5-20)9-13-23(31)28-19-10-6-16(7-11-19)25(32)33/h1-15H,(H,28,31)(H,32,33)/b13-9-. The SMILES string of the molecule is O=C(/C=C\c1cn(-c2ccccc2)nc1-c1ccc(Cl)c(Cl)c1)Nc1ccc(C(=O)O)cc1. The van der Waals surface area contributed by atoms with Gasteiger partial charge in [-0.1, -0.05) is 47.5 Å². The third kappa shape index (κ3) is 5.31. The maximum absolute atomic E-state index is 12.4. The minimum atomic E-state index is -1.03. The molecule has 0 bridgehead atoms. The van der Waals surface area contributed by atoms with Gasteiger partial charge in [-0.25, -0.2) is 9.48 Å². The number of benzene rings is 3. The van der Waals surface area contributed by atoms with E-state index in [4.69, 9.17) is 28.3 Å². The number of hydrogen-bond acceptors (Lipinski definition) is 3. The van der Waals surface area contributed by atoms with E-state index in [0.717, 1.165) is 11.3 Å². The van der Waals surface area contributed by atoms with Gasteiger partial charge in [0.1, 0.15) is 5.69 Å². The molecule has 8 heteroatoms. The number of carboxylic acids is 1. The summed E-state index contributed by atoms with van der Waals surface area (Å²) < 4.78 is 1.72. The van der Waals surface area contributed by atoms with Crippen molar-refractivity contribution in [2.75, 3.05) is 5.32 Å². The van der Waals surface area contributed by atoms with Crippen molar-refractivity contribution in [2.45, 2.75) is 0 Å². The molecule has 6 nitrogen and oxygen atoms in total. The van der Waals surface area contributed by atoms with Gasteiger partial charge in [0, 0.05) is 29.1 Å². The fraction of sp³-hybridized carbons (Fsp3) is 0. The highest BCUT2D eigenvalue weighted by atomic mass is 35.5. The van der Waals surface area contributed by atoms with Gasteiger partial charge in [0.05, 0.1) is 21.3 Å². The van der Waals surface area contributed by atoms with Crippen LogP contribution < -0.4 is 5.32 Å². The Bertz CT molecular complexity index is 1350. The van der Waals surface area contributed by atoms with Crippen molar-refractivity contribution in [1.29, 1.82) is 0 Å². The summed E-state index contributed by atoms with van der Waals surface area (Å²) in [4.78, 5) is 23.4. The molecule has 3 aromatic carbocycles. The molecule has 0 aliphatic carbocycles. The predicted octanol–water partition coefficient (Wildman–Crippen LogP) is 6.20. The number of carboxylic acid groups (broad SMARTS) is 1. The van der Waals surface area contributed by atoms with E-state index in [-0.39, 0.29) is 11.5 Å². The van der Waals surface area contributed by atoms with Crippen molar-refractivity contribution in [3.05, 3.63) is 106 Å². The first-order chi connectivity index (χ1) is 15.9. The zero-order valence-electron chi connectivity index (χ0n) is 17.1. The van der Waals surface area contributed by atoms with Gasteiger partial charge >= 0.3 is 5.97 Å². The molecule has 0 atom stereocenters. The number of hydrogen-bond donors (Lipinski definition) is 2. The Morgan fingerprint density at radius 1 is 0.939 bits per heavy atom. The Labute approximate surface area is 199 Å². The zero-order chi connectivity index (χ0) is 23.4. The molecule has 0 aliphatic heterocycles. The van der Waals surface area contributed by atoms with E-state index in [1.165, 1.54) is 30.3 Å². The number of amides is 1. The van der Waals surface area contributed by atoms with Crippen LogP contribution in [0.4, 0.5) is 5.69 Å². The van der Waals surface area contributed by atoms with Gasteiger partial charge in [-0.15, -0.1) is 0 Å². The van der Waals surface area contributed by atoms with Crippen LogP contribution in [0.15, 0.2) is 85.1 Å². The lowest BCUT2D eigenvalue weighted by Gasteiger charge is -2.03. The summed E-state index contributed by atoms with van der Waals surface area (Å²) in [5, 5.41) is 17.2. The lowest BCUT2D eigenvalue weighted by molar-refractivity contribution is -0.111. The number of nitrogens with one attached hydrogen (secondary N) is 1. The zero-order valence-corrected chi connectivity index (χ0v) is 18.6. The van der Waals surface area contributed by atoms with E-state index in [0.29, 0.717) is 27.0 Å². The molecule has 0 saturated carbocycles. The highest BCUT2D eigenvalue weighted by Gasteiger charge is 2.13. The number of rotatable bonds is 6. The van der Waals surface area contributed by atoms with Crippen LogP contribution in [0.2, 0.25) is 10.0 Å². The van der Waals surface area contributed by atoms with Gasteiger partial charge in [-0.2, -0.15) is 5.10 Å². The minimum Gasteiger partial charge on any atom is -0.478 e. The van der Waals surface area contributed by atoms with Crippen LogP contribution in [-0.2, 0) is 4.79 Å². The molecule has 0 unspecified atom stereocenters. The van der Waals surface area contributed by atoms with Crippen LogP contribution >= 0.6 is 23.2 Å². The first kappa shape index (κ1) is 22.3. The number of carbonyl (C=O) groups excluding carboxylic acids is 1. The monoisotopic (exact) mass is 477 g/mol. The highest BCUT2D eigenvalue weighted by Crippen LogP contribution is 2.30. The fourth-order valence-corrected chi connectivity index (χ4v) is 3.43. The summed E-state index contributed by atoms with van der Waals surface area (Å²) in [5.41, 5.74) is 3.58. The number of para-hydroxylation sites is 1. The molecule has 164 valence electrons. The van der Waals surface area contributed by atoms with Crippen molar-refractivity contribution in [3.8, 4) is 16.9 Å². The van der Waals surface area contributed by atoms with Gasteiger partial charge < -0.3 is 10.4 Å². The van der Waals surface area contributed by atoms with Crippen LogP contribution in [0.1, 0.15) is 15.9 Å². The Balaban J connectivity index is 1.63. The topological polar surface area (TPSA) is 84.2 Å². The minimum absolute atomic E-state index is 0.142. The number of aromatic nitrogens is 2. The molecule has 4 aromatic rings. The fourth-order valence-electron chi connectivity index (χ4n) is 3.14. The number of anilines is 1. The van der Waals surface area contributed by atoms with Crippen molar-refractivity contribution >= 4 is 46.8 Å². The Morgan fingerprint density at radius 3 is 2.33 bits per heavy atom. The molecule has 1 heterocycles. The van der Waals surface area contributed by atoms with Crippen molar-refractivity contribution < 1.29 is 14.7 Å². The lowest BCUT2D eigenvalue weighted by atomic mass is 10.1. The van der Waals surface area contributed by atoms with Crippen LogP contribution in [0.3, 0.4) is 0 Å². The molecule has 4 rings (SSSR count). The largest absolute Gasteiger partial charge is 0.478 e. The quantitative estimate of drug-likeness (QED) is 0.324. The number of carbonyl (C=O) groups is 2. The summed E-state index contributed by atoms with van der Waals surface area (Å²) in [6, 6.07) is 20.7. The second-order valence-electron chi connectivity index (χ2n) is 7.05. The molecule has 0 aliphatic rings. The van der Waals surface area contributed by atoms with Crippen molar-refractivity contribution in [2.24, 2.45) is 0 Å². The summed E-state index contributed by atoms with van der Waals surface area (Å²) in [5.74, 6) is -1.40. The summed E-state index contributed by atoms with van der Waals surface area (Å²) in [7, 11) is 0. The summed E-state index contributed by atoms with van der Waals surface area (Å²) in [6.45, 7) is 0. The highest BCUT2D eigenvalue weighted by molar-refractivity contribution is 6.42. The summed E-state index contributed by atoms with van der Waals surface area (Å²) in [6.07, 6.45) is 4.86. The van der Waals surface area contributed by atoms with Gasteiger partial charge in [0.15, 0.2) is 0 Å². The molecular formula is C25H17Cl2N3O3. The smallest absolute Gasteiger partial charge is 0.335 e. The molecule has 0 saturated heterocycles. The van der Waals surface area contributed by atoms with E-state index in [1.807, 2.05) is 42.6 Å². The molecule has 1 amide bonds. The van der Waals surface area contributed by atoms with Gasteiger partial charge in [-0.3, -0.25) is 4.79 Å².